The fraction of sp³-hybridized carbons (Fsp3) is 0.692. The number of carbonyl (C=O) groups is 4. The van der Waals surface area contributed by atoms with E-state index in [0.29, 0.717) is 0 Å². The quantitative estimate of drug-likeness (QED) is 0.691. The van der Waals surface area contributed by atoms with E-state index in [-0.39, 0.29) is 13.0 Å². The van der Waals surface area contributed by atoms with E-state index in [2.05, 4.69) is 0 Å². The van der Waals surface area contributed by atoms with Crippen LogP contribution in [0.3, 0.4) is 0 Å². The first-order valence-electron chi connectivity index (χ1n) is 6.48. The lowest BCUT2D eigenvalue weighted by molar-refractivity contribution is -0.161. The molecule has 1 rings (SSSR count). The second kappa shape index (κ2) is 6.11. The Kier molecular flexibility index (Phi) is 4.93. The van der Waals surface area contributed by atoms with Gasteiger partial charge < -0.3 is 19.8 Å². The van der Waals surface area contributed by atoms with E-state index < -0.39 is 47.8 Å². The molecule has 0 saturated carbocycles. The molecule has 1 unspecified atom stereocenters. The summed E-state index contributed by atoms with van der Waals surface area (Å²) < 4.78 is 5.03. The van der Waals surface area contributed by atoms with Crippen LogP contribution in [-0.4, -0.2) is 57.1 Å². The van der Waals surface area contributed by atoms with Crippen LogP contribution < -0.4 is 0 Å². The van der Waals surface area contributed by atoms with Gasteiger partial charge in [0, 0.05) is 13.0 Å². The van der Waals surface area contributed by atoms with E-state index in [1.165, 1.54) is 0 Å². The van der Waals surface area contributed by atoms with Gasteiger partial charge in [-0.2, -0.15) is 0 Å². The highest BCUT2D eigenvalue weighted by atomic mass is 16.6. The molecule has 118 valence electrons. The molecule has 2 atom stereocenters. The van der Waals surface area contributed by atoms with Crippen LogP contribution in [0.2, 0.25) is 0 Å². The minimum atomic E-state index is -1.41. The van der Waals surface area contributed by atoms with Crippen LogP contribution in [0.25, 0.3) is 0 Å². The number of carboxylic acid groups (broad SMARTS) is 2. The lowest BCUT2D eigenvalue weighted by Gasteiger charge is -2.26. The van der Waals surface area contributed by atoms with Gasteiger partial charge in [0.25, 0.3) is 0 Å². The number of carboxylic acids is 2. The maximum atomic E-state index is 11.7. The number of hydrogen-bond donors (Lipinski definition) is 2. The average Bonchev–Trinajstić information content (AvgIpc) is 2.65. The molecule has 1 amide bonds. The Balaban J connectivity index is 2.79. The summed E-state index contributed by atoms with van der Waals surface area (Å²) in [5.74, 6) is -4.80. The molecule has 1 aliphatic rings. The molecular formula is C13H19NO7. The van der Waals surface area contributed by atoms with Crippen molar-refractivity contribution in [3.63, 3.8) is 0 Å². The molecule has 21 heavy (non-hydrogen) atoms. The van der Waals surface area contributed by atoms with Gasteiger partial charge in [-0.1, -0.05) is 0 Å². The molecule has 0 radical (unpaired) electrons. The number of carbonyl (C=O) groups excluding carboxylic acids is 2. The van der Waals surface area contributed by atoms with Crippen molar-refractivity contribution in [1.29, 1.82) is 0 Å². The SMILES string of the molecule is CC(C)(C)OC(=O)C[C@@H](C(=O)O)N1CC(C(=O)O)CC1=O. The van der Waals surface area contributed by atoms with Crippen molar-refractivity contribution in [3.05, 3.63) is 0 Å². The monoisotopic (exact) mass is 301 g/mol. The van der Waals surface area contributed by atoms with Crippen LogP contribution in [0.15, 0.2) is 0 Å². The number of aliphatic carboxylic acids is 2. The van der Waals surface area contributed by atoms with Gasteiger partial charge in [0.05, 0.1) is 12.3 Å². The lowest BCUT2D eigenvalue weighted by atomic mass is 10.1. The smallest absolute Gasteiger partial charge is 0.327 e. The summed E-state index contributed by atoms with van der Waals surface area (Å²) in [7, 11) is 0. The average molecular weight is 301 g/mol. The van der Waals surface area contributed by atoms with Crippen LogP contribution in [0, 0.1) is 5.92 Å². The predicted molar refractivity (Wildman–Crippen MR) is 69.3 cm³/mol. The summed E-state index contributed by atoms with van der Waals surface area (Å²) in [5.41, 5.74) is -0.765. The van der Waals surface area contributed by atoms with Gasteiger partial charge >= 0.3 is 17.9 Å². The van der Waals surface area contributed by atoms with Gasteiger partial charge in [-0.25, -0.2) is 4.79 Å². The van der Waals surface area contributed by atoms with Crippen molar-refractivity contribution < 1.29 is 34.1 Å². The molecule has 0 bridgehead atoms. The maximum absolute atomic E-state index is 11.7. The Morgan fingerprint density at radius 2 is 1.90 bits per heavy atom. The molecule has 0 aromatic rings. The van der Waals surface area contributed by atoms with Crippen LogP contribution in [0.5, 0.6) is 0 Å². The lowest BCUT2D eigenvalue weighted by Crippen LogP contribution is -2.44. The van der Waals surface area contributed by atoms with E-state index >= 15 is 0 Å². The summed E-state index contributed by atoms with van der Waals surface area (Å²) in [6.07, 6.45) is -0.766. The molecule has 0 aliphatic carbocycles. The highest BCUT2D eigenvalue weighted by Crippen LogP contribution is 2.23. The standard InChI is InChI=1S/C13H19NO7/c1-13(2,3)21-10(16)5-8(12(19)20)14-6-7(11(17)18)4-9(14)15/h7-8H,4-6H2,1-3H3,(H,17,18)(H,19,20)/t7?,8-/m0/s1. The van der Waals surface area contributed by atoms with E-state index in [4.69, 9.17) is 9.84 Å². The minimum absolute atomic E-state index is 0.214. The Morgan fingerprint density at radius 3 is 2.29 bits per heavy atom. The normalized spacial score (nSPS) is 20.2. The van der Waals surface area contributed by atoms with Crippen molar-refractivity contribution in [2.75, 3.05) is 6.54 Å². The third-order valence-electron chi connectivity index (χ3n) is 2.95. The zero-order valence-corrected chi connectivity index (χ0v) is 12.2. The van der Waals surface area contributed by atoms with E-state index in [1.807, 2.05) is 0 Å². The number of amides is 1. The minimum Gasteiger partial charge on any atom is -0.481 e. The van der Waals surface area contributed by atoms with Crippen molar-refractivity contribution >= 4 is 23.8 Å². The highest BCUT2D eigenvalue weighted by Gasteiger charge is 2.41. The third kappa shape index (κ3) is 4.73. The van der Waals surface area contributed by atoms with Gasteiger partial charge in [0.2, 0.25) is 5.91 Å². The second-order valence-electron chi connectivity index (χ2n) is 5.93. The van der Waals surface area contributed by atoms with Crippen LogP contribution in [0.4, 0.5) is 0 Å². The predicted octanol–water partition coefficient (Wildman–Crippen LogP) is 0.105. The molecular weight excluding hydrogens is 282 g/mol. The number of rotatable bonds is 5. The van der Waals surface area contributed by atoms with Gasteiger partial charge in [-0.05, 0) is 20.8 Å². The maximum Gasteiger partial charge on any atom is 0.327 e. The fourth-order valence-electron chi connectivity index (χ4n) is 2.07. The number of likely N-dealkylation sites (tertiary alicyclic amines) is 1. The first kappa shape index (κ1) is 16.9. The number of esters is 1. The zero-order valence-electron chi connectivity index (χ0n) is 12.2. The number of nitrogens with zero attached hydrogens (tertiary/aromatic N) is 1. The molecule has 1 heterocycles. The largest absolute Gasteiger partial charge is 0.481 e. The molecule has 0 aromatic carbocycles. The Hall–Kier alpha value is -2.12. The van der Waals surface area contributed by atoms with Crippen molar-refractivity contribution in [2.45, 2.75) is 45.3 Å². The topological polar surface area (TPSA) is 121 Å². The van der Waals surface area contributed by atoms with Gasteiger partial charge in [0.1, 0.15) is 11.6 Å². The van der Waals surface area contributed by atoms with Crippen molar-refractivity contribution in [2.24, 2.45) is 5.92 Å². The van der Waals surface area contributed by atoms with Crippen molar-refractivity contribution in [3.8, 4) is 0 Å². The first-order chi connectivity index (χ1) is 9.51. The molecule has 1 aliphatic heterocycles. The Bertz CT molecular complexity index is 466. The second-order valence-corrected chi connectivity index (χ2v) is 5.93. The summed E-state index contributed by atoms with van der Waals surface area (Å²) in [5, 5.41) is 18.1. The van der Waals surface area contributed by atoms with Crippen LogP contribution >= 0.6 is 0 Å². The van der Waals surface area contributed by atoms with Crippen LogP contribution in [0.1, 0.15) is 33.6 Å². The summed E-state index contributed by atoms with van der Waals surface area (Å²) in [6.45, 7) is 4.71. The van der Waals surface area contributed by atoms with Gasteiger partial charge in [-0.15, -0.1) is 0 Å². The highest BCUT2D eigenvalue weighted by molar-refractivity contribution is 5.91. The first-order valence-corrected chi connectivity index (χ1v) is 6.48. The van der Waals surface area contributed by atoms with E-state index in [9.17, 15) is 24.3 Å². The molecule has 1 fully saturated rings. The fourth-order valence-corrected chi connectivity index (χ4v) is 2.07. The Morgan fingerprint density at radius 1 is 1.33 bits per heavy atom. The molecule has 8 nitrogen and oxygen atoms in total. The van der Waals surface area contributed by atoms with Gasteiger partial charge in [0.15, 0.2) is 0 Å². The number of ether oxygens (including phenoxy) is 1. The molecule has 0 spiro atoms. The molecule has 2 N–H and O–H groups in total. The molecule has 0 aromatic heterocycles. The number of hydrogen-bond acceptors (Lipinski definition) is 5. The summed E-state index contributed by atoms with van der Waals surface area (Å²) in [6, 6.07) is -1.41. The van der Waals surface area contributed by atoms with E-state index in [0.717, 1.165) is 4.90 Å². The van der Waals surface area contributed by atoms with Crippen molar-refractivity contribution in [1.82, 2.24) is 4.90 Å². The Labute approximate surface area is 121 Å². The molecule has 1 saturated heterocycles. The van der Waals surface area contributed by atoms with Gasteiger partial charge in [-0.3, -0.25) is 14.4 Å². The van der Waals surface area contributed by atoms with Crippen LogP contribution in [-0.2, 0) is 23.9 Å². The molecule has 8 heteroatoms. The zero-order chi connectivity index (χ0) is 16.4. The van der Waals surface area contributed by atoms with E-state index in [1.54, 1.807) is 20.8 Å². The third-order valence-corrected chi connectivity index (χ3v) is 2.95. The summed E-state index contributed by atoms with van der Waals surface area (Å²) in [4.78, 5) is 46.5. The summed E-state index contributed by atoms with van der Waals surface area (Å²) >= 11 is 0.